The van der Waals surface area contributed by atoms with Crippen molar-refractivity contribution in [2.24, 2.45) is 0 Å². The molecule has 0 spiro atoms. The van der Waals surface area contributed by atoms with Crippen LogP contribution in [-0.2, 0) is 24.2 Å². The molecule has 0 radical (unpaired) electrons. The molecule has 0 aliphatic heterocycles. The molecule has 2 aromatic heterocycles. The molecule has 2 heterocycles. The van der Waals surface area contributed by atoms with Gasteiger partial charge in [-0.2, -0.15) is 0 Å². The van der Waals surface area contributed by atoms with Crippen molar-refractivity contribution < 1.29 is 14.6 Å². The fourth-order valence-corrected chi connectivity index (χ4v) is 5.03. The van der Waals surface area contributed by atoms with E-state index in [0.717, 1.165) is 30.2 Å². The average Bonchev–Trinajstić information content (AvgIpc) is 3.27. The first kappa shape index (κ1) is 16.9. The molecule has 0 amide bonds. The first-order valence-corrected chi connectivity index (χ1v) is 9.85. The summed E-state index contributed by atoms with van der Waals surface area (Å²) in [5.74, 6) is -0.486. The van der Waals surface area contributed by atoms with E-state index in [1.54, 1.807) is 18.2 Å². The number of aromatic hydroxyl groups is 1. The lowest BCUT2D eigenvalue weighted by molar-refractivity contribution is 0.0459. The molecule has 140 valence electrons. The number of aryl methyl sites for hydroxylation is 2. The Morgan fingerprint density at radius 3 is 2.96 bits per heavy atom. The van der Waals surface area contributed by atoms with Crippen LogP contribution in [0.5, 0.6) is 5.75 Å². The zero-order valence-electron chi connectivity index (χ0n) is 14.8. The van der Waals surface area contributed by atoms with Crippen LogP contribution in [-0.4, -0.2) is 21.0 Å². The number of carbonyl (C=O) groups is 1. The van der Waals surface area contributed by atoms with Crippen molar-refractivity contribution >= 4 is 38.3 Å². The van der Waals surface area contributed by atoms with Gasteiger partial charge in [-0.05, 0) is 36.3 Å². The SMILES string of the molecule is O=C(OCc1nc2sc3c(c2c(=O)[nH]1)CCC3)c1ccc2ccccc2c1O. The minimum absolute atomic E-state index is 0.0808. The predicted molar refractivity (Wildman–Crippen MR) is 107 cm³/mol. The third-order valence-electron chi connectivity index (χ3n) is 5.08. The van der Waals surface area contributed by atoms with E-state index in [1.807, 2.05) is 12.1 Å². The summed E-state index contributed by atoms with van der Waals surface area (Å²) in [5.41, 5.74) is 1.000. The number of aromatic nitrogens is 2. The topological polar surface area (TPSA) is 92.3 Å². The van der Waals surface area contributed by atoms with Gasteiger partial charge < -0.3 is 14.8 Å². The Balaban J connectivity index is 1.41. The number of esters is 1. The molecule has 0 saturated carbocycles. The molecule has 0 atom stereocenters. The molecule has 5 rings (SSSR count). The molecule has 7 heteroatoms. The first-order valence-electron chi connectivity index (χ1n) is 9.03. The minimum Gasteiger partial charge on any atom is -0.506 e. The smallest absolute Gasteiger partial charge is 0.342 e. The fourth-order valence-electron chi connectivity index (χ4n) is 3.75. The van der Waals surface area contributed by atoms with Crippen molar-refractivity contribution in [1.29, 1.82) is 0 Å². The van der Waals surface area contributed by atoms with Crippen molar-refractivity contribution in [2.75, 3.05) is 0 Å². The Morgan fingerprint density at radius 1 is 1.21 bits per heavy atom. The number of nitrogens with one attached hydrogen (secondary N) is 1. The Bertz CT molecular complexity index is 1310. The van der Waals surface area contributed by atoms with Gasteiger partial charge in [0.15, 0.2) is 0 Å². The highest BCUT2D eigenvalue weighted by molar-refractivity contribution is 7.18. The second-order valence-electron chi connectivity index (χ2n) is 6.81. The van der Waals surface area contributed by atoms with Crippen LogP contribution in [0, 0.1) is 0 Å². The van der Waals surface area contributed by atoms with Crippen LogP contribution < -0.4 is 5.56 Å². The molecular weight excluding hydrogens is 376 g/mol. The summed E-state index contributed by atoms with van der Waals surface area (Å²) in [4.78, 5) is 34.0. The summed E-state index contributed by atoms with van der Waals surface area (Å²) in [6.07, 6.45) is 2.97. The summed E-state index contributed by atoms with van der Waals surface area (Å²) in [6, 6.07) is 10.5. The number of phenolic OH excluding ortho intramolecular Hbond substituents is 1. The number of nitrogens with zero attached hydrogens (tertiary/aromatic N) is 1. The molecule has 4 aromatic rings. The van der Waals surface area contributed by atoms with Crippen molar-refractivity contribution in [2.45, 2.75) is 25.9 Å². The average molecular weight is 392 g/mol. The largest absolute Gasteiger partial charge is 0.506 e. The molecule has 2 N–H and O–H groups in total. The summed E-state index contributed by atoms with van der Waals surface area (Å²) in [5, 5.41) is 12.5. The lowest BCUT2D eigenvalue weighted by atomic mass is 10.1. The summed E-state index contributed by atoms with van der Waals surface area (Å²) in [7, 11) is 0. The maximum Gasteiger partial charge on any atom is 0.342 e. The lowest BCUT2D eigenvalue weighted by Crippen LogP contribution is -2.14. The van der Waals surface area contributed by atoms with Crippen molar-refractivity contribution in [1.82, 2.24) is 9.97 Å². The number of thiophene rings is 1. The van der Waals surface area contributed by atoms with Gasteiger partial charge in [0.2, 0.25) is 0 Å². The second kappa shape index (κ2) is 6.45. The molecule has 1 aliphatic carbocycles. The normalized spacial score (nSPS) is 13.1. The third kappa shape index (κ3) is 2.66. The van der Waals surface area contributed by atoms with E-state index in [4.69, 9.17) is 4.74 Å². The second-order valence-corrected chi connectivity index (χ2v) is 7.89. The quantitative estimate of drug-likeness (QED) is 0.519. The summed E-state index contributed by atoms with van der Waals surface area (Å²) < 4.78 is 5.30. The number of aromatic amines is 1. The van der Waals surface area contributed by atoms with Gasteiger partial charge in [0.05, 0.1) is 5.39 Å². The van der Waals surface area contributed by atoms with E-state index in [9.17, 15) is 14.7 Å². The number of benzene rings is 2. The molecule has 28 heavy (non-hydrogen) atoms. The lowest BCUT2D eigenvalue weighted by Gasteiger charge is -2.08. The summed E-state index contributed by atoms with van der Waals surface area (Å²) >= 11 is 1.54. The number of ether oxygens (including phenoxy) is 1. The number of hydrogen-bond acceptors (Lipinski definition) is 6. The first-order chi connectivity index (χ1) is 13.6. The van der Waals surface area contributed by atoms with E-state index in [2.05, 4.69) is 9.97 Å². The van der Waals surface area contributed by atoms with Crippen LogP contribution >= 0.6 is 11.3 Å². The molecule has 6 nitrogen and oxygen atoms in total. The zero-order chi connectivity index (χ0) is 19.3. The number of phenols is 1. The van der Waals surface area contributed by atoms with Gasteiger partial charge in [0.1, 0.15) is 28.6 Å². The third-order valence-corrected chi connectivity index (χ3v) is 6.27. The van der Waals surface area contributed by atoms with Crippen molar-refractivity contribution in [3.63, 3.8) is 0 Å². The molecule has 0 fully saturated rings. The number of fused-ring (bicyclic) bond motifs is 4. The van der Waals surface area contributed by atoms with Crippen LogP contribution in [0.4, 0.5) is 0 Å². The van der Waals surface area contributed by atoms with Gasteiger partial charge in [0, 0.05) is 10.3 Å². The number of carbonyl (C=O) groups excluding carboxylic acids is 1. The van der Waals surface area contributed by atoms with Gasteiger partial charge in [-0.3, -0.25) is 4.79 Å². The monoisotopic (exact) mass is 392 g/mol. The summed E-state index contributed by atoms with van der Waals surface area (Å²) in [6.45, 7) is -0.168. The van der Waals surface area contributed by atoms with Crippen LogP contribution in [0.25, 0.3) is 21.0 Å². The standard InChI is InChI=1S/C21H16N2O4S/c24-18-12-5-2-1-4-11(12)8-9-14(18)21(26)27-10-16-22-19(25)17-13-6-3-7-15(13)28-20(17)23-16/h1-2,4-5,8-9,24H,3,6-7,10H2,(H,22,23,25). The molecule has 0 saturated heterocycles. The van der Waals surface area contributed by atoms with Gasteiger partial charge in [-0.1, -0.05) is 30.3 Å². The number of H-pyrrole nitrogens is 1. The molecule has 2 aromatic carbocycles. The zero-order valence-corrected chi connectivity index (χ0v) is 15.6. The Kier molecular flexibility index (Phi) is 3.91. The van der Waals surface area contributed by atoms with Gasteiger partial charge >= 0.3 is 5.97 Å². The Morgan fingerprint density at radius 2 is 2.07 bits per heavy atom. The minimum atomic E-state index is -0.667. The van der Waals surface area contributed by atoms with E-state index in [1.165, 1.54) is 22.3 Å². The number of hydrogen-bond donors (Lipinski definition) is 2. The fraction of sp³-hybridized carbons (Fsp3) is 0.190. The highest BCUT2D eigenvalue weighted by atomic mass is 32.1. The van der Waals surface area contributed by atoms with Gasteiger partial charge in [-0.15, -0.1) is 11.3 Å². The molecular formula is C21H16N2O4S. The number of rotatable bonds is 3. The van der Waals surface area contributed by atoms with E-state index in [-0.39, 0.29) is 23.5 Å². The maximum atomic E-state index is 12.5. The highest BCUT2D eigenvalue weighted by Crippen LogP contribution is 2.34. The van der Waals surface area contributed by atoms with Crippen LogP contribution in [0.3, 0.4) is 0 Å². The van der Waals surface area contributed by atoms with E-state index in [0.29, 0.717) is 21.4 Å². The van der Waals surface area contributed by atoms with Gasteiger partial charge in [-0.25, -0.2) is 9.78 Å². The maximum absolute atomic E-state index is 12.5. The Labute approximate surface area is 163 Å². The highest BCUT2D eigenvalue weighted by Gasteiger charge is 2.21. The van der Waals surface area contributed by atoms with Crippen LogP contribution in [0.15, 0.2) is 41.2 Å². The predicted octanol–water partition coefficient (Wildman–Crippen LogP) is 3.69. The molecule has 1 aliphatic rings. The van der Waals surface area contributed by atoms with Crippen LogP contribution in [0.2, 0.25) is 0 Å². The van der Waals surface area contributed by atoms with Crippen molar-refractivity contribution in [3.05, 3.63) is 68.6 Å². The van der Waals surface area contributed by atoms with E-state index >= 15 is 0 Å². The van der Waals surface area contributed by atoms with Crippen molar-refractivity contribution in [3.8, 4) is 5.75 Å². The molecule has 0 bridgehead atoms. The van der Waals surface area contributed by atoms with E-state index < -0.39 is 5.97 Å². The van der Waals surface area contributed by atoms with Gasteiger partial charge in [0.25, 0.3) is 5.56 Å². The Hall–Kier alpha value is -3.19. The van der Waals surface area contributed by atoms with Crippen LogP contribution in [0.1, 0.15) is 33.0 Å². The molecule has 0 unspecified atom stereocenters.